The summed E-state index contributed by atoms with van der Waals surface area (Å²) in [6, 6.07) is 11.7. The van der Waals surface area contributed by atoms with Crippen LogP contribution >= 0.6 is 34.5 Å². The monoisotopic (exact) mass is 663 g/mol. The van der Waals surface area contributed by atoms with Crippen LogP contribution in [0.4, 0.5) is 0 Å². The summed E-state index contributed by atoms with van der Waals surface area (Å²) in [5.74, 6) is -2.00. The van der Waals surface area contributed by atoms with Crippen LogP contribution in [0.2, 0.25) is 10.0 Å². The fourth-order valence-electron chi connectivity index (χ4n) is 6.11. The van der Waals surface area contributed by atoms with Crippen molar-refractivity contribution in [3.8, 4) is 0 Å². The van der Waals surface area contributed by atoms with Gasteiger partial charge in [-0.3, -0.25) is 9.59 Å². The predicted octanol–water partition coefficient (Wildman–Crippen LogP) is 5.30. The third-order valence-corrected chi connectivity index (χ3v) is 10.1. The normalized spacial score (nSPS) is 22.1. The van der Waals surface area contributed by atoms with Crippen LogP contribution in [0, 0.1) is 0 Å². The first-order valence-electron chi connectivity index (χ1n) is 13.8. The second kappa shape index (κ2) is 13.0. The lowest BCUT2D eigenvalue weighted by molar-refractivity contribution is -0.124. The lowest BCUT2D eigenvalue weighted by atomic mass is 9.76. The topological polar surface area (TPSA) is 122 Å². The van der Waals surface area contributed by atoms with Crippen LogP contribution in [0.1, 0.15) is 74.4 Å². The second-order valence-electron chi connectivity index (χ2n) is 10.7. The maximum atomic E-state index is 14.3. The quantitative estimate of drug-likeness (QED) is 0.316. The van der Waals surface area contributed by atoms with Gasteiger partial charge in [0.2, 0.25) is 15.9 Å². The number of thiophene rings is 1. The number of methoxy groups -OCH3 is 1. The Balaban J connectivity index is 1.60. The summed E-state index contributed by atoms with van der Waals surface area (Å²) in [7, 11) is -2.28. The molecule has 1 aliphatic heterocycles. The summed E-state index contributed by atoms with van der Waals surface area (Å²) >= 11 is 14.3. The maximum Gasteiger partial charge on any atom is 0.338 e. The molecule has 13 heteroatoms. The summed E-state index contributed by atoms with van der Waals surface area (Å²) in [5.41, 5.74) is 1.84. The molecule has 0 spiro atoms. The number of carbonyl (C=O) groups is 3. The molecule has 0 saturated heterocycles. The predicted molar refractivity (Wildman–Crippen MR) is 166 cm³/mol. The molecule has 1 aliphatic carbocycles. The van der Waals surface area contributed by atoms with Crippen LogP contribution in [0.15, 0.2) is 53.9 Å². The fourth-order valence-corrected chi connectivity index (χ4v) is 8.25. The molecule has 4 atom stereocenters. The van der Waals surface area contributed by atoms with E-state index in [1.807, 2.05) is 0 Å². The molecule has 228 valence electrons. The fraction of sp³-hybridized carbons (Fsp3) is 0.367. The second-order valence-corrected chi connectivity index (χ2v) is 14.4. The van der Waals surface area contributed by atoms with E-state index in [0.29, 0.717) is 40.1 Å². The molecular weight excluding hydrogens is 633 g/mol. The van der Waals surface area contributed by atoms with Crippen LogP contribution in [0.3, 0.4) is 0 Å². The molecule has 1 unspecified atom stereocenters. The molecule has 3 aromatic rings. The lowest BCUT2D eigenvalue weighted by Crippen LogP contribution is -2.59. The van der Waals surface area contributed by atoms with E-state index < -0.39 is 40.0 Å². The van der Waals surface area contributed by atoms with Gasteiger partial charge in [0, 0.05) is 37.9 Å². The number of nitrogens with zero attached hydrogens (tertiary/aromatic N) is 1. The third kappa shape index (κ3) is 6.76. The zero-order chi connectivity index (χ0) is 30.9. The molecule has 2 aliphatic rings. The first-order chi connectivity index (χ1) is 20.5. The number of hydrogen-bond acceptors (Lipinski definition) is 7. The van der Waals surface area contributed by atoms with E-state index in [1.54, 1.807) is 58.8 Å². The summed E-state index contributed by atoms with van der Waals surface area (Å²) < 4.78 is 32.3. The third-order valence-electron chi connectivity index (χ3n) is 7.90. The largest absolute Gasteiger partial charge is 0.465 e. The highest BCUT2D eigenvalue weighted by Crippen LogP contribution is 2.48. The van der Waals surface area contributed by atoms with Crippen molar-refractivity contribution in [1.29, 1.82) is 0 Å². The number of rotatable bonds is 8. The number of esters is 1. The number of ether oxygens (including phenoxy) is 1. The van der Waals surface area contributed by atoms with E-state index in [-0.39, 0.29) is 23.4 Å². The van der Waals surface area contributed by atoms with Gasteiger partial charge in [-0.15, -0.1) is 11.3 Å². The van der Waals surface area contributed by atoms with Crippen molar-refractivity contribution in [3.63, 3.8) is 0 Å². The Morgan fingerprint density at radius 1 is 1.07 bits per heavy atom. The molecule has 2 heterocycles. The highest BCUT2D eigenvalue weighted by molar-refractivity contribution is 7.88. The molecule has 0 radical (unpaired) electrons. The zero-order valence-corrected chi connectivity index (χ0v) is 26.7. The number of amides is 2. The van der Waals surface area contributed by atoms with E-state index >= 15 is 0 Å². The Labute approximate surface area is 264 Å². The molecule has 2 amide bonds. The smallest absolute Gasteiger partial charge is 0.338 e. The van der Waals surface area contributed by atoms with Gasteiger partial charge >= 0.3 is 5.97 Å². The van der Waals surface area contributed by atoms with Gasteiger partial charge in [0.1, 0.15) is 0 Å². The SMILES string of the molecule is COC(=O)c1csc(CNC(=O)[C@@H]2c3ccccc3C(=O)N(C3CCCC[C@@H]3NS(C)(=O)=O)[C@H]2c2ccc(Cl)cc2Cl)c1. The number of hydrogen-bond donors (Lipinski definition) is 2. The minimum Gasteiger partial charge on any atom is -0.465 e. The summed E-state index contributed by atoms with van der Waals surface area (Å²) in [5, 5.41) is 5.35. The van der Waals surface area contributed by atoms with Crippen LogP contribution in [-0.2, 0) is 26.1 Å². The van der Waals surface area contributed by atoms with Gasteiger partial charge in [0.05, 0.1) is 37.4 Å². The molecule has 43 heavy (non-hydrogen) atoms. The zero-order valence-electron chi connectivity index (χ0n) is 23.5. The van der Waals surface area contributed by atoms with Crippen molar-refractivity contribution >= 4 is 62.3 Å². The van der Waals surface area contributed by atoms with Gasteiger partial charge in [0.15, 0.2) is 0 Å². The number of benzene rings is 2. The number of halogens is 2. The van der Waals surface area contributed by atoms with E-state index in [2.05, 4.69) is 10.0 Å². The van der Waals surface area contributed by atoms with Crippen molar-refractivity contribution in [2.24, 2.45) is 0 Å². The minimum atomic E-state index is -3.59. The van der Waals surface area contributed by atoms with Crippen LogP contribution in [-0.4, -0.2) is 56.6 Å². The molecule has 9 nitrogen and oxygen atoms in total. The lowest BCUT2D eigenvalue weighted by Gasteiger charge is -2.49. The molecule has 2 N–H and O–H groups in total. The van der Waals surface area contributed by atoms with E-state index in [4.69, 9.17) is 27.9 Å². The van der Waals surface area contributed by atoms with Crippen molar-refractivity contribution in [2.45, 2.75) is 56.3 Å². The summed E-state index contributed by atoms with van der Waals surface area (Å²) in [4.78, 5) is 42.9. The minimum absolute atomic E-state index is 0.149. The van der Waals surface area contributed by atoms with Crippen molar-refractivity contribution in [3.05, 3.63) is 91.1 Å². The number of fused-ring (bicyclic) bond motifs is 1. The number of sulfonamides is 1. The molecule has 0 bridgehead atoms. The van der Waals surface area contributed by atoms with Gasteiger partial charge in [-0.25, -0.2) is 17.9 Å². The Kier molecular flexibility index (Phi) is 9.48. The van der Waals surface area contributed by atoms with Gasteiger partial charge in [-0.05, 0) is 48.2 Å². The van der Waals surface area contributed by atoms with Gasteiger partial charge in [-0.1, -0.05) is 60.3 Å². The van der Waals surface area contributed by atoms with Gasteiger partial charge in [0.25, 0.3) is 5.91 Å². The summed E-state index contributed by atoms with van der Waals surface area (Å²) in [6.07, 6.45) is 3.78. The highest BCUT2D eigenvalue weighted by atomic mass is 35.5. The molecule has 2 aromatic carbocycles. The highest BCUT2D eigenvalue weighted by Gasteiger charge is 2.49. The van der Waals surface area contributed by atoms with E-state index in [0.717, 1.165) is 24.0 Å². The van der Waals surface area contributed by atoms with Crippen LogP contribution < -0.4 is 10.0 Å². The van der Waals surface area contributed by atoms with E-state index in [1.165, 1.54) is 18.4 Å². The Hall–Kier alpha value is -2.96. The van der Waals surface area contributed by atoms with Crippen molar-refractivity contribution in [1.82, 2.24) is 14.9 Å². The van der Waals surface area contributed by atoms with Crippen LogP contribution in [0.25, 0.3) is 0 Å². The molecule has 1 fully saturated rings. The van der Waals surface area contributed by atoms with Crippen molar-refractivity contribution < 1.29 is 27.5 Å². The Bertz CT molecular complexity index is 1660. The van der Waals surface area contributed by atoms with Crippen LogP contribution in [0.5, 0.6) is 0 Å². The standard InChI is InChI=1S/C30H31Cl2N3O6S2/c1-41-30(38)17-13-19(42-16-17)15-33-28(36)26-20-7-3-4-8-21(20)29(37)35(27(26)22-12-11-18(31)14-23(22)32)25-10-6-5-9-24(25)34-43(2,39)40/h3-4,7-8,11-14,16,24-27,34H,5-6,9-10,15H2,1-2H3,(H,33,36)/t24-,25?,26+,27-/m0/s1. The van der Waals surface area contributed by atoms with Crippen molar-refractivity contribution in [2.75, 3.05) is 13.4 Å². The maximum absolute atomic E-state index is 14.3. The van der Waals surface area contributed by atoms with E-state index in [9.17, 15) is 22.8 Å². The number of nitrogens with one attached hydrogen (secondary N) is 2. The average Bonchev–Trinajstić information content (AvgIpc) is 3.44. The Morgan fingerprint density at radius 2 is 1.81 bits per heavy atom. The molecule has 1 aromatic heterocycles. The number of carbonyl (C=O) groups excluding carboxylic acids is 3. The molecule has 5 rings (SSSR count). The molecular formula is C30H31Cl2N3O6S2. The summed E-state index contributed by atoms with van der Waals surface area (Å²) in [6.45, 7) is 0.149. The van der Waals surface area contributed by atoms with Gasteiger partial charge < -0.3 is 15.0 Å². The van der Waals surface area contributed by atoms with Gasteiger partial charge in [-0.2, -0.15) is 0 Å². The average molecular weight is 665 g/mol. The first-order valence-corrected chi connectivity index (χ1v) is 17.3. The Morgan fingerprint density at radius 3 is 2.53 bits per heavy atom. The molecule has 1 saturated carbocycles. The first kappa shape index (κ1) is 31.5.